The molecule has 0 aliphatic rings. The summed E-state index contributed by atoms with van der Waals surface area (Å²) in [5, 5.41) is 12.3. The van der Waals surface area contributed by atoms with Gasteiger partial charge in [0.15, 0.2) is 0 Å². The Morgan fingerprint density at radius 3 is 3.08 bits per heavy atom. The number of aliphatic carboxylic acids is 1. The largest absolute Gasteiger partial charge is 0.481 e. The number of thioether (sulfide) groups is 1. The Bertz CT molecular complexity index is 272. The summed E-state index contributed by atoms with van der Waals surface area (Å²) in [6.07, 6.45) is 1.71. The summed E-state index contributed by atoms with van der Waals surface area (Å²) in [6, 6.07) is 1.88. The smallest absolute Gasteiger partial charge is 0.313 e. The van der Waals surface area contributed by atoms with Crippen LogP contribution in [0.5, 0.6) is 0 Å². The summed E-state index contributed by atoms with van der Waals surface area (Å²) < 4.78 is 1.74. The van der Waals surface area contributed by atoms with Crippen molar-refractivity contribution >= 4 is 17.7 Å². The van der Waals surface area contributed by atoms with E-state index in [1.807, 2.05) is 13.1 Å². The minimum Gasteiger partial charge on any atom is -0.481 e. The van der Waals surface area contributed by atoms with Crippen molar-refractivity contribution in [3.63, 3.8) is 0 Å². The molecule has 0 saturated heterocycles. The van der Waals surface area contributed by atoms with Gasteiger partial charge in [-0.15, -0.1) is 11.8 Å². The molecule has 1 aromatic heterocycles. The van der Waals surface area contributed by atoms with Crippen molar-refractivity contribution in [1.82, 2.24) is 9.78 Å². The standard InChI is InChI=1S/C7H10N2O2S/c1-9-6(2-3-8-9)4-12-5-7(10)11/h2-3H,4-5H2,1H3,(H,10,11). The maximum Gasteiger partial charge on any atom is 0.313 e. The van der Waals surface area contributed by atoms with Gasteiger partial charge >= 0.3 is 5.97 Å². The van der Waals surface area contributed by atoms with Gasteiger partial charge < -0.3 is 5.11 Å². The van der Waals surface area contributed by atoms with Gasteiger partial charge in [-0.2, -0.15) is 5.10 Å². The van der Waals surface area contributed by atoms with Crippen molar-refractivity contribution in [2.75, 3.05) is 5.75 Å². The van der Waals surface area contributed by atoms with Crippen LogP contribution in [0.1, 0.15) is 5.69 Å². The van der Waals surface area contributed by atoms with Crippen molar-refractivity contribution in [2.24, 2.45) is 7.05 Å². The second-order valence-corrected chi connectivity index (χ2v) is 3.32. The van der Waals surface area contributed by atoms with E-state index in [-0.39, 0.29) is 5.75 Å². The number of aromatic nitrogens is 2. The van der Waals surface area contributed by atoms with Crippen LogP contribution in [0.2, 0.25) is 0 Å². The van der Waals surface area contributed by atoms with Crippen LogP contribution in [0, 0.1) is 0 Å². The van der Waals surface area contributed by atoms with Gasteiger partial charge in [0.1, 0.15) is 0 Å². The van der Waals surface area contributed by atoms with Crippen molar-refractivity contribution in [3.05, 3.63) is 18.0 Å². The highest BCUT2D eigenvalue weighted by atomic mass is 32.2. The second kappa shape index (κ2) is 4.15. The molecule has 0 unspecified atom stereocenters. The van der Waals surface area contributed by atoms with Gasteiger partial charge in [0, 0.05) is 24.7 Å². The molecule has 0 atom stereocenters. The van der Waals surface area contributed by atoms with E-state index < -0.39 is 5.97 Å². The highest BCUT2D eigenvalue weighted by Crippen LogP contribution is 2.09. The van der Waals surface area contributed by atoms with Crippen LogP contribution in [0.25, 0.3) is 0 Å². The number of rotatable bonds is 4. The molecule has 12 heavy (non-hydrogen) atoms. The van der Waals surface area contributed by atoms with Gasteiger partial charge in [0.2, 0.25) is 0 Å². The fraction of sp³-hybridized carbons (Fsp3) is 0.429. The Morgan fingerprint density at radius 2 is 2.58 bits per heavy atom. The molecule has 66 valence electrons. The summed E-state index contributed by atoms with van der Waals surface area (Å²) in [5.74, 6) is 0.0655. The van der Waals surface area contributed by atoms with Gasteiger partial charge in [-0.25, -0.2) is 0 Å². The van der Waals surface area contributed by atoms with Crippen LogP contribution in [0.15, 0.2) is 12.3 Å². The Hall–Kier alpha value is -0.970. The molecule has 0 bridgehead atoms. The minimum atomic E-state index is -0.776. The monoisotopic (exact) mass is 186 g/mol. The third-order valence-electron chi connectivity index (χ3n) is 1.40. The molecule has 0 aliphatic heterocycles. The van der Waals surface area contributed by atoms with Gasteiger partial charge in [-0.05, 0) is 6.07 Å². The highest BCUT2D eigenvalue weighted by Gasteiger charge is 2.00. The maximum absolute atomic E-state index is 10.2. The molecule has 1 N–H and O–H groups in total. The topological polar surface area (TPSA) is 55.1 Å². The van der Waals surface area contributed by atoms with E-state index >= 15 is 0 Å². The molecule has 0 radical (unpaired) electrons. The molecular formula is C7H10N2O2S. The van der Waals surface area contributed by atoms with E-state index in [1.165, 1.54) is 11.8 Å². The predicted molar refractivity (Wildman–Crippen MR) is 47.0 cm³/mol. The highest BCUT2D eigenvalue weighted by molar-refractivity contribution is 7.99. The second-order valence-electron chi connectivity index (χ2n) is 2.33. The van der Waals surface area contributed by atoms with Crippen LogP contribution in [-0.4, -0.2) is 26.6 Å². The first kappa shape index (κ1) is 9.12. The van der Waals surface area contributed by atoms with Crippen LogP contribution in [0.4, 0.5) is 0 Å². The quantitative estimate of drug-likeness (QED) is 0.753. The summed E-state index contributed by atoms with van der Waals surface area (Å²) >= 11 is 1.37. The summed E-state index contributed by atoms with van der Waals surface area (Å²) in [7, 11) is 1.84. The van der Waals surface area contributed by atoms with Crippen molar-refractivity contribution in [2.45, 2.75) is 5.75 Å². The number of carboxylic acid groups (broad SMARTS) is 1. The molecule has 0 saturated carbocycles. The van der Waals surface area contributed by atoms with E-state index in [0.29, 0.717) is 5.75 Å². The predicted octanol–water partition coefficient (Wildman–Crippen LogP) is 0.738. The molecule has 0 spiro atoms. The zero-order valence-corrected chi connectivity index (χ0v) is 7.54. The molecule has 1 heterocycles. The fourth-order valence-electron chi connectivity index (χ4n) is 0.786. The van der Waals surface area contributed by atoms with Crippen LogP contribution in [0.3, 0.4) is 0 Å². The average molecular weight is 186 g/mol. The normalized spacial score (nSPS) is 10.1. The third kappa shape index (κ3) is 2.58. The van der Waals surface area contributed by atoms with E-state index in [9.17, 15) is 4.79 Å². The Kier molecular flexibility index (Phi) is 3.16. The molecular weight excluding hydrogens is 176 g/mol. The number of hydrogen-bond donors (Lipinski definition) is 1. The first-order chi connectivity index (χ1) is 5.70. The Labute approximate surface area is 74.6 Å². The Morgan fingerprint density at radius 1 is 1.83 bits per heavy atom. The van der Waals surface area contributed by atoms with Crippen molar-refractivity contribution in [3.8, 4) is 0 Å². The van der Waals surface area contributed by atoms with Gasteiger partial charge in [0.25, 0.3) is 0 Å². The SMILES string of the molecule is Cn1nccc1CSCC(=O)O. The van der Waals surface area contributed by atoms with Gasteiger partial charge in [0.05, 0.1) is 5.75 Å². The van der Waals surface area contributed by atoms with E-state index in [1.54, 1.807) is 10.9 Å². The van der Waals surface area contributed by atoms with Crippen LogP contribution < -0.4 is 0 Å². The molecule has 0 amide bonds. The third-order valence-corrected chi connectivity index (χ3v) is 2.35. The van der Waals surface area contributed by atoms with Crippen LogP contribution in [-0.2, 0) is 17.6 Å². The molecule has 0 aliphatic carbocycles. The molecule has 4 nitrogen and oxygen atoms in total. The summed E-state index contributed by atoms with van der Waals surface area (Å²) in [6.45, 7) is 0. The van der Waals surface area contributed by atoms with Crippen LogP contribution >= 0.6 is 11.8 Å². The molecule has 1 rings (SSSR count). The minimum absolute atomic E-state index is 0.144. The first-order valence-electron chi connectivity index (χ1n) is 3.46. The number of nitrogens with zero attached hydrogens (tertiary/aromatic N) is 2. The first-order valence-corrected chi connectivity index (χ1v) is 4.62. The lowest BCUT2D eigenvalue weighted by atomic mass is 10.5. The number of carbonyl (C=O) groups is 1. The summed E-state index contributed by atoms with van der Waals surface area (Å²) in [4.78, 5) is 10.2. The fourth-order valence-corrected chi connectivity index (χ4v) is 1.55. The van der Waals surface area contributed by atoms with E-state index in [2.05, 4.69) is 5.10 Å². The lowest BCUT2D eigenvalue weighted by Gasteiger charge is -1.98. The Balaban J connectivity index is 2.33. The zero-order chi connectivity index (χ0) is 8.97. The lowest BCUT2D eigenvalue weighted by Crippen LogP contribution is -2.00. The average Bonchev–Trinajstić information content (AvgIpc) is 2.36. The van der Waals surface area contributed by atoms with Crippen molar-refractivity contribution < 1.29 is 9.90 Å². The number of carboxylic acids is 1. The number of hydrogen-bond acceptors (Lipinski definition) is 3. The van der Waals surface area contributed by atoms with E-state index in [0.717, 1.165) is 5.69 Å². The van der Waals surface area contributed by atoms with Crippen molar-refractivity contribution in [1.29, 1.82) is 0 Å². The lowest BCUT2D eigenvalue weighted by molar-refractivity contribution is -0.133. The zero-order valence-electron chi connectivity index (χ0n) is 6.73. The molecule has 1 aromatic rings. The van der Waals surface area contributed by atoms with Gasteiger partial charge in [-0.3, -0.25) is 9.48 Å². The number of aryl methyl sites for hydroxylation is 1. The molecule has 5 heteroatoms. The van der Waals surface area contributed by atoms with E-state index in [4.69, 9.17) is 5.11 Å². The molecule has 0 fully saturated rings. The summed E-state index contributed by atoms with van der Waals surface area (Å²) in [5.41, 5.74) is 1.04. The molecule has 0 aromatic carbocycles. The maximum atomic E-state index is 10.2. The van der Waals surface area contributed by atoms with Gasteiger partial charge in [-0.1, -0.05) is 0 Å².